The highest BCUT2D eigenvalue weighted by Crippen LogP contribution is 2.50. The maximum Gasteiger partial charge on any atom is 0.149 e. The molecule has 0 aromatic heterocycles. The lowest BCUT2D eigenvalue weighted by molar-refractivity contribution is -0.121. The molecule has 13 heavy (non-hydrogen) atoms. The minimum Gasteiger partial charge on any atom is -0.298 e. The van der Waals surface area contributed by atoms with Crippen molar-refractivity contribution in [3.05, 3.63) is 0 Å². The Labute approximate surface area is 88.4 Å². The number of rotatable bonds is 3. The van der Waals surface area contributed by atoms with Crippen LogP contribution >= 0.6 is 15.9 Å². The topological polar surface area (TPSA) is 17.1 Å². The molecule has 1 nitrogen and oxygen atoms in total. The minimum atomic E-state index is 0.202. The highest BCUT2D eigenvalue weighted by molar-refractivity contribution is 9.10. The molecule has 0 saturated heterocycles. The summed E-state index contributed by atoms with van der Waals surface area (Å²) in [6, 6.07) is 0. The SMILES string of the molecule is CCCCC1CC2CC1C(Br)C2=O. The molecular weight excluding hydrogens is 228 g/mol. The first kappa shape index (κ1) is 9.70. The van der Waals surface area contributed by atoms with Crippen LogP contribution in [0, 0.1) is 17.8 Å². The van der Waals surface area contributed by atoms with Crippen LogP contribution in [0.3, 0.4) is 0 Å². The Kier molecular flexibility index (Phi) is 2.77. The molecule has 2 heteroatoms. The normalized spacial score (nSPS) is 43.1. The molecule has 2 rings (SSSR count). The maximum atomic E-state index is 11.5. The smallest absolute Gasteiger partial charge is 0.149 e. The largest absolute Gasteiger partial charge is 0.298 e. The molecule has 0 aromatic rings. The summed E-state index contributed by atoms with van der Waals surface area (Å²) < 4.78 is 0. The van der Waals surface area contributed by atoms with Gasteiger partial charge in [-0.2, -0.15) is 0 Å². The fraction of sp³-hybridized carbons (Fsp3) is 0.909. The van der Waals surface area contributed by atoms with Gasteiger partial charge in [-0.25, -0.2) is 0 Å². The molecule has 0 amide bonds. The summed E-state index contributed by atoms with van der Waals surface area (Å²) in [6.07, 6.45) is 6.32. The van der Waals surface area contributed by atoms with E-state index >= 15 is 0 Å². The van der Waals surface area contributed by atoms with Gasteiger partial charge in [0.2, 0.25) is 0 Å². The fourth-order valence-corrected chi connectivity index (χ4v) is 4.00. The van der Waals surface area contributed by atoms with E-state index < -0.39 is 0 Å². The van der Waals surface area contributed by atoms with Crippen LogP contribution in [0.2, 0.25) is 0 Å². The average molecular weight is 245 g/mol. The number of halogens is 1. The maximum absolute atomic E-state index is 11.5. The monoisotopic (exact) mass is 244 g/mol. The zero-order chi connectivity index (χ0) is 9.42. The minimum absolute atomic E-state index is 0.202. The second-order valence-electron chi connectivity index (χ2n) is 4.54. The number of fused-ring (bicyclic) bond motifs is 2. The Morgan fingerprint density at radius 1 is 1.46 bits per heavy atom. The summed E-state index contributed by atoms with van der Waals surface area (Å²) in [5.74, 6) is 2.41. The molecule has 0 radical (unpaired) electrons. The summed E-state index contributed by atoms with van der Waals surface area (Å²) in [7, 11) is 0. The molecule has 0 N–H and O–H groups in total. The highest BCUT2D eigenvalue weighted by atomic mass is 79.9. The van der Waals surface area contributed by atoms with E-state index in [4.69, 9.17) is 0 Å². The van der Waals surface area contributed by atoms with E-state index in [0.717, 1.165) is 5.92 Å². The molecule has 2 saturated carbocycles. The predicted molar refractivity (Wildman–Crippen MR) is 57.0 cm³/mol. The summed E-state index contributed by atoms with van der Waals surface area (Å²) in [5, 5.41) is 0. The van der Waals surface area contributed by atoms with Crippen molar-refractivity contribution in [1.29, 1.82) is 0 Å². The van der Waals surface area contributed by atoms with Gasteiger partial charge in [-0.1, -0.05) is 42.1 Å². The van der Waals surface area contributed by atoms with Crippen molar-refractivity contribution in [3.8, 4) is 0 Å². The lowest BCUT2D eigenvalue weighted by atomic mass is 9.84. The highest BCUT2D eigenvalue weighted by Gasteiger charge is 2.50. The van der Waals surface area contributed by atoms with Gasteiger partial charge >= 0.3 is 0 Å². The Morgan fingerprint density at radius 2 is 2.23 bits per heavy atom. The second kappa shape index (κ2) is 3.72. The van der Waals surface area contributed by atoms with Crippen molar-refractivity contribution in [2.24, 2.45) is 17.8 Å². The van der Waals surface area contributed by atoms with Crippen molar-refractivity contribution in [1.82, 2.24) is 0 Å². The van der Waals surface area contributed by atoms with Crippen LogP contribution in [0.25, 0.3) is 0 Å². The Hall–Kier alpha value is 0.150. The van der Waals surface area contributed by atoms with Crippen LogP contribution in [0.5, 0.6) is 0 Å². The molecule has 0 aliphatic heterocycles. The Morgan fingerprint density at radius 3 is 2.77 bits per heavy atom. The number of ketones is 1. The molecule has 2 fully saturated rings. The second-order valence-corrected chi connectivity index (χ2v) is 5.53. The number of unbranched alkanes of at least 4 members (excludes halogenated alkanes) is 1. The van der Waals surface area contributed by atoms with Gasteiger partial charge in [0, 0.05) is 5.92 Å². The quantitative estimate of drug-likeness (QED) is 0.698. The van der Waals surface area contributed by atoms with Crippen molar-refractivity contribution < 1.29 is 4.79 Å². The molecule has 0 aromatic carbocycles. The summed E-state index contributed by atoms with van der Waals surface area (Å²) in [4.78, 5) is 11.7. The number of hydrogen-bond donors (Lipinski definition) is 0. The van der Waals surface area contributed by atoms with Crippen LogP contribution < -0.4 is 0 Å². The molecule has 0 spiro atoms. The number of Topliss-reactive ketones (excluding diaryl/α,β-unsaturated/α-hetero) is 1. The lowest BCUT2D eigenvalue weighted by Gasteiger charge is -2.24. The third-order valence-corrected chi connectivity index (χ3v) is 4.86. The van der Waals surface area contributed by atoms with Crippen LogP contribution in [0.1, 0.15) is 39.0 Å². The lowest BCUT2D eigenvalue weighted by Crippen LogP contribution is -2.28. The van der Waals surface area contributed by atoms with E-state index in [1.165, 1.54) is 32.1 Å². The van der Waals surface area contributed by atoms with E-state index in [1.54, 1.807) is 0 Å². The van der Waals surface area contributed by atoms with Crippen molar-refractivity contribution in [3.63, 3.8) is 0 Å². The summed E-state index contributed by atoms with van der Waals surface area (Å²) in [6.45, 7) is 2.24. The van der Waals surface area contributed by atoms with Crippen molar-refractivity contribution in [2.75, 3.05) is 0 Å². The van der Waals surface area contributed by atoms with Gasteiger partial charge < -0.3 is 0 Å². The summed E-state index contributed by atoms with van der Waals surface area (Å²) >= 11 is 3.54. The summed E-state index contributed by atoms with van der Waals surface area (Å²) in [5.41, 5.74) is 0. The van der Waals surface area contributed by atoms with E-state index in [2.05, 4.69) is 22.9 Å². The molecule has 4 atom stereocenters. The Balaban J connectivity index is 1.94. The zero-order valence-electron chi connectivity index (χ0n) is 8.13. The van der Waals surface area contributed by atoms with E-state index in [0.29, 0.717) is 17.6 Å². The Bertz CT molecular complexity index is 210. The van der Waals surface area contributed by atoms with E-state index in [1.807, 2.05) is 0 Å². The number of carbonyl (C=O) groups is 1. The van der Waals surface area contributed by atoms with Crippen LogP contribution in [-0.2, 0) is 4.79 Å². The number of alkyl halides is 1. The van der Waals surface area contributed by atoms with Gasteiger partial charge in [0.15, 0.2) is 0 Å². The van der Waals surface area contributed by atoms with Crippen molar-refractivity contribution in [2.45, 2.75) is 43.9 Å². The van der Waals surface area contributed by atoms with Gasteiger partial charge in [-0.3, -0.25) is 4.79 Å². The van der Waals surface area contributed by atoms with Gasteiger partial charge in [0.05, 0.1) is 4.83 Å². The standard InChI is InChI=1S/C11H17BrO/c1-2-3-4-7-5-8-6-9(7)10(12)11(8)13/h7-10H,2-6H2,1H3. The molecule has 74 valence electrons. The van der Waals surface area contributed by atoms with Crippen LogP contribution in [-0.4, -0.2) is 10.6 Å². The van der Waals surface area contributed by atoms with Gasteiger partial charge in [0.1, 0.15) is 5.78 Å². The average Bonchev–Trinajstić information content (AvgIpc) is 2.64. The third-order valence-electron chi connectivity index (χ3n) is 3.73. The van der Waals surface area contributed by atoms with Gasteiger partial charge in [-0.15, -0.1) is 0 Å². The first-order chi connectivity index (χ1) is 6.24. The predicted octanol–water partition coefficient (Wildman–Crippen LogP) is 3.17. The first-order valence-corrected chi connectivity index (χ1v) is 6.33. The van der Waals surface area contributed by atoms with Crippen LogP contribution in [0.4, 0.5) is 0 Å². The van der Waals surface area contributed by atoms with Crippen LogP contribution in [0.15, 0.2) is 0 Å². The zero-order valence-corrected chi connectivity index (χ0v) is 9.72. The first-order valence-electron chi connectivity index (χ1n) is 5.41. The van der Waals surface area contributed by atoms with E-state index in [9.17, 15) is 4.79 Å². The molecule has 0 heterocycles. The molecule has 2 bridgehead atoms. The number of carbonyl (C=O) groups excluding carboxylic acids is 1. The third kappa shape index (κ3) is 1.58. The molecular formula is C11H17BrO. The molecule has 4 unspecified atom stereocenters. The van der Waals surface area contributed by atoms with Crippen molar-refractivity contribution >= 4 is 21.7 Å². The van der Waals surface area contributed by atoms with E-state index in [-0.39, 0.29) is 4.83 Å². The van der Waals surface area contributed by atoms with Gasteiger partial charge in [-0.05, 0) is 24.7 Å². The molecule has 2 aliphatic rings. The fourth-order valence-electron chi connectivity index (χ4n) is 2.98. The number of hydrogen-bond acceptors (Lipinski definition) is 1. The van der Waals surface area contributed by atoms with Gasteiger partial charge in [0.25, 0.3) is 0 Å². The molecule has 2 aliphatic carbocycles.